The standard InChI is InChI=1S/C16H26N2S/c1-4-6-13(7-5-2)15-17-18-16(19-15)14-10-8-12(3)9-11-14/h4-7,12,14-18H,1,8-11H2,2-3H3/b7-5-,13-6+. The van der Waals surface area contributed by atoms with Gasteiger partial charge in [0.2, 0.25) is 0 Å². The third-order valence-corrected chi connectivity index (χ3v) is 5.56. The molecular formula is C16H26N2S. The molecule has 2 nitrogen and oxygen atoms in total. The van der Waals surface area contributed by atoms with Gasteiger partial charge in [-0.25, -0.2) is 10.9 Å². The second-order valence-corrected chi connectivity index (χ2v) is 6.90. The van der Waals surface area contributed by atoms with Crippen molar-refractivity contribution < 1.29 is 0 Å². The van der Waals surface area contributed by atoms with Gasteiger partial charge in [-0.15, -0.1) is 11.8 Å². The highest BCUT2D eigenvalue weighted by molar-refractivity contribution is 8.00. The van der Waals surface area contributed by atoms with Crippen molar-refractivity contribution in [1.29, 1.82) is 0 Å². The van der Waals surface area contributed by atoms with E-state index in [0.29, 0.717) is 10.7 Å². The van der Waals surface area contributed by atoms with Crippen LogP contribution in [-0.2, 0) is 0 Å². The number of thioether (sulfide) groups is 1. The van der Waals surface area contributed by atoms with Crippen LogP contribution in [0.25, 0.3) is 0 Å². The summed E-state index contributed by atoms with van der Waals surface area (Å²) in [4.78, 5) is 0. The Hall–Kier alpha value is -0.510. The third-order valence-electron chi connectivity index (χ3n) is 4.10. The van der Waals surface area contributed by atoms with Crippen LogP contribution in [0.3, 0.4) is 0 Å². The molecule has 0 radical (unpaired) electrons. The van der Waals surface area contributed by atoms with E-state index in [1.54, 1.807) is 0 Å². The molecule has 2 fully saturated rings. The van der Waals surface area contributed by atoms with Crippen molar-refractivity contribution in [2.75, 3.05) is 0 Å². The molecule has 1 saturated heterocycles. The van der Waals surface area contributed by atoms with E-state index in [-0.39, 0.29) is 0 Å². The highest BCUT2D eigenvalue weighted by atomic mass is 32.2. The summed E-state index contributed by atoms with van der Waals surface area (Å²) in [5.41, 5.74) is 8.22. The fraction of sp³-hybridized carbons (Fsp3) is 0.625. The molecule has 2 aliphatic rings. The van der Waals surface area contributed by atoms with E-state index in [9.17, 15) is 0 Å². The predicted molar refractivity (Wildman–Crippen MR) is 85.7 cm³/mol. The summed E-state index contributed by atoms with van der Waals surface area (Å²) in [6.45, 7) is 8.24. The zero-order valence-corrected chi connectivity index (χ0v) is 12.9. The molecule has 0 aromatic heterocycles. The van der Waals surface area contributed by atoms with Crippen molar-refractivity contribution >= 4 is 11.8 Å². The van der Waals surface area contributed by atoms with Gasteiger partial charge in [0.1, 0.15) is 0 Å². The molecular weight excluding hydrogens is 252 g/mol. The Balaban J connectivity index is 1.92. The van der Waals surface area contributed by atoms with E-state index >= 15 is 0 Å². The zero-order valence-electron chi connectivity index (χ0n) is 12.1. The first-order chi connectivity index (χ1) is 9.24. The van der Waals surface area contributed by atoms with Gasteiger partial charge in [0, 0.05) is 0 Å². The average Bonchev–Trinajstić information content (AvgIpc) is 2.89. The van der Waals surface area contributed by atoms with Crippen LogP contribution in [0.1, 0.15) is 39.5 Å². The van der Waals surface area contributed by atoms with E-state index in [2.05, 4.69) is 49.5 Å². The van der Waals surface area contributed by atoms with Crippen molar-refractivity contribution in [3.63, 3.8) is 0 Å². The Bertz CT molecular complexity index is 354. The van der Waals surface area contributed by atoms with Crippen molar-refractivity contribution in [2.24, 2.45) is 11.8 Å². The number of hydrogen-bond acceptors (Lipinski definition) is 3. The van der Waals surface area contributed by atoms with Crippen LogP contribution in [0, 0.1) is 11.8 Å². The van der Waals surface area contributed by atoms with Crippen LogP contribution in [-0.4, -0.2) is 10.7 Å². The minimum atomic E-state index is 0.346. The Morgan fingerprint density at radius 1 is 1.21 bits per heavy atom. The number of rotatable bonds is 4. The maximum absolute atomic E-state index is 3.80. The summed E-state index contributed by atoms with van der Waals surface area (Å²) in [5.74, 6) is 1.74. The first-order valence-corrected chi connectivity index (χ1v) is 8.30. The smallest absolute Gasteiger partial charge is 0.0932 e. The quantitative estimate of drug-likeness (QED) is 0.760. The van der Waals surface area contributed by atoms with E-state index in [1.165, 1.54) is 31.3 Å². The molecule has 1 aliphatic carbocycles. The summed E-state index contributed by atoms with van der Waals surface area (Å²) in [6.07, 6.45) is 13.7. The molecule has 19 heavy (non-hydrogen) atoms. The first-order valence-electron chi connectivity index (χ1n) is 7.36. The van der Waals surface area contributed by atoms with Crippen LogP contribution in [0.5, 0.6) is 0 Å². The maximum Gasteiger partial charge on any atom is 0.0932 e. The van der Waals surface area contributed by atoms with Crippen molar-refractivity contribution in [3.05, 3.63) is 36.5 Å². The van der Waals surface area contributed by atoms with E-state index in [1.807, 2.05) is 17.8 Å². The minimum absolute atomic E-state index is 0.346. The molecule has 0 bridgehead atoms. The zero-order chi connectivity index (χ0) is 13.7. The molecule has 2 unspecified atom stereocenters. The Morgan fingerprint density at radius 2 is 1.95 bits per heavy atom. The van der Waals surface area contributed by atoms with Crippen LogP contribution in [0.15, 0.2) is 36.5 Å². The molecule has 2 N–H and O–H groups in total. The molecule has 1 aliphatic heterocycles. The summed E-state index contributed by atoms with van der Waals surface area (Å²) < 4.78 is 0. The van der Waals surface area contributed by atoms with Crippen molar-refractivity contribution in [1.82, 2.24) is 10.9 Å². The number of hydrogen-bond donors (Lipinski definition) is 2. The molecule has 0 aromatic carbocycles. The van der Waals surface area contributed by atoms with Gasteiger partial charge in [0.25, 0.3) is 0 Å². The maximum atomic E-state index is 3.80. The Labute approximate surface area is 121 Å². The Kier molecular flexibility index (Phi) is 5.74. The highest BCUT2D eigenvalue weighted by Crippen LogP contribution is 2.38. The van der Waals surface area contributed by atoms with Gasteiger partial charge in [-0.3, -0.25) is 0 Å². The normalized spacial score (nSPS) is 36.8. The van der Waals surface area contributed by atoms with Gasteiger partial charge < -0.3 is 0 Å². The second kappa shape index (κ2) is 7.32. The lowest BCUT2D eigenvalue weighted by Crippen LogP contribution is -2.38. The minimum Gasteiger partial charge on any atom is -0.243 e. The van der Waals surface area contributed by atoms with Crippen molar-refractivity contribution in [2.45, 2.75) is 50.3 Å². The van der Waals surface area contributed by atoms with E-state index in [4.69, 9.17) is 0 Å². The molecule has 1 saturated carbocycles. The van der Waals surface area contributed by atoms with Gasteiger partial charge in [0.05, 0.1) is 10.7 Å². The Morgan fingerprint density at radius 3 is 2.58 bits per heavy atom. The van der Waals surface area contributed by atoms with Gasteiger partial charge in [-0.05, 0) is 37.2 Å². The number of hydrazine groups is 1. The van der Waals surface area contributed by atoms with Crippen molar-refractivity contribution in [3.8, 4) is 0 Å². The van der Waals surface area contributed by atoms with Crippen LogP contribution < -0.4 is 10.9 Å². The summed E-state index contributed by atoms with van der Waals surface area (Å²) >= 11 is 2.02. The molecule has 3 heteroatoms. The SMILES string of the molecule is C=C/C=C(\C=C/C)C1NNC(C2CCC(C)CC2)S1. The summed E-state index contributed by atoms with van der Waals surface area (Å²) in [6, 6.07) is 0. The lowest BCUT2D eigenvalue weighted by atomic mass is 9.83. The average molecular weight is 278 g/mol. The summed E-state index contributed by atoms with van der Waals surface area (Å²) in [5, 5.41) is 0.898. The highest BCUT2D eigenvalue weighted by Gasteiger charge is 2.33. The molecule has 106 valence electrons. The second-order valence-electron chi connectivity index (χ2n) is 5.65. The molecule has 0 amide bonds. The number of allylic oxidation sites excluding steroid dienone is 3. The first kappa shape index (κ1) is 14.9. The molecule has 1 heterocycles. The van der Waals surface area contributed by atoms with Crippen LogP contribution in [0.4, 0.5) is 0 Å². The van der Waals surface area contributed by atoms with E-state index in [0.717, 1.165) is 11.8 Å². The molecule has 2 atom stereocenters. The van der Waals surface area contributed by atoms with Crippen LogP contribution in [0.2, 0.25) is 0 Å². The molecule has 0 aromatic rings. The van der Waals surface area contributed by atoms with Gasteiger partial charge in [-0.2, -0.15) is 0 Å². The lowest BCUT2D eigenvalue weighted by Gasteiger charge is -2.29. The fourth-order valence-electron chi connectivity index (χ4n) is 2.91. The summed E-state index contributed by atoms with van der Waals surface area (Å²) in [7, 11) is 0. The topological polar surface area (TPSA) is 24.1 Å². The number of nitrogens with one attached hydrogen (secondary N) is 2. The van der Waals surface area contributed by atoms with Gasteiger partial charge in [-0.1, -0.05) is 50.6 Å². The largest absolute Gasteiger partial charge is 0.243 e. The third kappa shape index (κ3) is 3.98. The van der Waals surface area contributed by atoms with Crippen LogP contribution >= 0.6 is 11.8 Å². The fourth-order valence-corrected chi connectivity index (χ4v) is 4.28. The van der Waals surface area contributed by atoms with E-state index < -0.39 is 0 Å². The van der Waals surface area contributed by atoms with Gasteiger partial charge >= 0.3 is 0 Å². The predicted octanol–water partition coefficient (Wildman–Crippen LogP) is 3.99. The lowest BCUT2D eigenvalue weighted by molar-refractivity contribution is 0.266. The van der Waals surface area contributed by atoms with Gasteiger partial charge in [0.15, 0.2) is 0 Å². The molecule has 2 rings (SSSR count). The molecule has 0 spiro atoms. The monoisotopic (exact) mass is 278 g/mol.